The van der Waals surface area contributed by atoms with Crippen molar-refractivity contribution < 1.29 is 14.0 Å². The Labute approximate surface area is 148 Å². The summed E-state index contributed by atoms with van der Waals surface area (Å²) >= 11 is 0. The number of hydrogen-bond acceptors (Lipinski definition) is 3. The molecule has 0 aromatic heterocycles. The monoisotopic (exact) mass is 347 g/mol. The third kappa shape index (κ3) is 3.27. The summed E-state index contributed by atoms with van der Waals surface area (Å²) in [6.45, 7) is 3.51. The molecule has 0 N–H and O–H groups in total. The normalized spacial score (nSPS) is 26.6. The lowest BCUT2D eigenvalue weighted by Crippen LogP contribution is -2.60. The molecule has 0 bridgehead atoms. The maximum atomic E-state index is 14.1. The number of hydrogen-bond donors (Lipinski definition) is 0. The fourth-order valence-electron chi connectivity index (χ4n) is 4.14. The second-order valence-corrected chi connectivity index (χ2v) is 7.49. The van der Waals surface area contributed by atoms with Gasteiger partial charge in [-0.15, -0.1) is 0 Å². The van der Waals surface area contributed by atoms with Crippen LogP contribution in [-0.4, -0.2) is 65.3 Å². The third-order valence-electron chi connectivity index (χ3n) is 5.74. The first-order valence-electron chi connectivity index (χ1n) is 8.81. The number of amides is 2. The van der Waals surface area contributed by atoms with Crippen molar-refractivity contribution in [3.63, 3.8) is 0 Å². The van der Waals surface area contributed by atoms with E-state index in [-0.39, 0.29) is 35.8 Å². The highest BCUT2D eigenvalue weighted by Crippen LogP contribution is 2.41. The summed E-state index contributed by atoms with van der Waals surface area (Å²) in [5.74, 6) is -0.136. The maximum Gasteiger partial charge on any atom is 0.236 e. The predicted octanol–water partition coefficient (Wildman–Crippen LogP) is 1.87. The molecule has 1 aromatic rings. The highest BCUT2D eigenvalue weighted by Gasteiger charge is 2.52. The zero-order valence-electron chi connectivity index (χ0n) is 15.2. The third-order valence-corrected chi connectivity index (χ3v) is 5.74. The van der Waals surface area contributed by atoms with Crippen molar-refractivity contribution in [3.05, 3.63) is 35.6 Å². The predicted molar refractivity (Wildman–Crippen MR) is 93.3 cm³/mol. The summed E-state index contributed by atoms with van der Waals surface area (Å²) in [6.07, 6.45) is 2.00. The molecule has 2 aliphatic heterocycles. The van der Waals surface area contributed by atoms with E-state index in [2.05, 4.69) is 11.8 Å². The van der Waals surface area contributed by atoms with Gasteiger partial charge in [-0.2, -0.15) is 0 Å². The molecule has 2 saturated heterocycles. The number of rotatable bonds is 4. The Kier molecular flexibility index (Phi) is 4.82. The minimum absolute atomic E-state index is 0.0711. The molecule has 0 saturated carbocycles. The SMILES string of the molecule is CN(C)C(=O)CN1CC[C@@]2(C)[C@@H]1CCC(=O)N2Cc1ccccc1F. The molecule has 2 fully saturated rings. The van der Waals surface area contributed by atoms with Gasteiger partial charge in [0, 0.05) is 45.2 Å². The van der Waals surface area contributed by atoms with Gasteiger partial charge < -0.3 is 9.80 Å². The van der Waals surface area contributed by atoms with Crippen LogP contribution in [0.2, 0.25) is 0 Å². The van der Waals surface area contributed by atoms with Gasteiger partial charge in [-0.05, 0) is 25.8 Å². The van der Waals surface area contributed by atoms with Crippen molar-refractivity contribution in [2.75, 3.05) is 27.2 Å². The average Bonchev–Trinajstić information content (AvgIpc) is 2.89. The first-order chi connectivity index (χ1) is 11.8. The zero-order chi connectivity index (χ0) is 18.2. The summed E-state index contributed by atoms with van der Waals surface area (Å²) in [4.78, 5) is 30.3. The van der Waals surface area contributed by atoms with Crippen LogP contribution in [0.3, 0.4) is 0 Å². The Morgan fingerprint density at radius 3 is 2.76 bits per heavy atom. The van der Waals surface area contributed by atoms with Crippen LogP contribution in [0.5, 0.6) is 0 Å². The van der Waals surface area contributed by atoms with Gasteiger partial charge in [-0.1, -0.05) is 18.2 Å². The van der Waals surface area contributed by atoms with E-state index in [1.54, 1.807) is 37.2 Å². The topological polar surface area (TPSA) is 43.9 Å². The Balaban J connectivity index is 1.82. The lowest BCUT2D eigenvalue weighted by Gasteiger charge is -2.48. The van der Waals surface area contributed by atoms with Crippen molar-refractivity contribution in [1.29, 1.82) is 0 Å². The standard InChI is InChI=1S/C19H26FN3O2/c1-19-10-11-22(13-18(25)21(2)3)16(19)8-9-17(24)23(19)12-14-6-4-5-7-15(14)20/h4-7,16H,8-13H2,1-3H3/t16-,19-/m0/s1. The van der Waals surface area contributed by atoms with E-state index in [4.69, 9.17) is 0 Å². The van der Waals surface area contributed by atoms with E-state index >= 15 is 0 Å². The van der Waals surface area contributed by atoms with E-state index in [1.165, 1.54) is 6.07 Å². The Hall–Kier alpha value is -1.95. The van der Waals surface area contributed by atoms with E-state index in [9.17, 15) is 14.0 Å². The fourth-order valence-corrected chi connectivity index (χ4v) is 4.14. The molecular formula is C19H26FN3O2. The molecule has 2 heterocycles. The minimum atomic E-state index is -0.357. The Morgan fingerprint density at radius 2 is 2.08 bits per heavy atom. The molecule has 6 heteroatoms. The van der Waals surface area contributed by atoms with Crippen LogP contribution in [0.15, 0.2) is 24.3 Å². The minimum Gasteiger partial charge on any atom is -0.348 e. The quantitative estimate of drug-likeness (QED) is 0.835. The van der Waals surface area contributed by atoms with Gasteiger partial charge in [0.25, 0.3) is 0 Å². The van der Waals surface area contributed by atoms with Crippen molar-refractivity contribution in [1.82, 2.24) is 14.7 Å². The largest absolute Gasteiger partial charge is 0.348 e. The number of carbonyl (C=O) groups excluding carboxylic acids is 2. The van der Waals surface area contributed by atoms with Crippen molar-refractivity contribution in [2.45, 2.75) is 44.3 Å². The van der Waals surface area contributed by atoms with Gasteiger partial charge in [0.2, 0.25) is 11.8 Å². The molecule has 2 aliphatic rings. The smallest absolute Gasteiger partial charge is 0.236 e. The number of nitrogens with zero attached hydrogens (tertiary/aromatic N) is 3. The summed E-state index contributed by atoms with van der Waals surface area (Å²) in [5, 5.41) is 0. The number of likely N-dealkylation sites (tertiary alicyclic amines) is 2. The molecular weight excluding hydrogens is 321 g/mol. The summed E-state index contributed by atoms with van der Waals surface area (Å²) in [6, 6.07) is 6.76. The van der Waals surface area contributed by atoms with Gasteiger partial charge in [0.05, 0.1) is 12.1 Å². The number of benzene rings is 1. The number of likely N-dealkylation sites (N-methyl/N-ethyl adjacent to an activating group) is 1. The van der Waals surface area contributed by atoms with Gasteiger partial charge in [-0.3, -0.25) is 14.5 Å². The maximum absolute atomic E-state index is 14.1. The van der Waals surface area contributed by atoms with E-state index in [1.807, 2.05) is 4.90 Å². The number of fused-ring (bicyclic) bond motifs is 1. The molecule has 136 valence electrons. The number of carbonyl (C=O) groups is 2. The Morgan fingerprint density at radius 1 is 1.36 bits per heavy atom. The van der Waals surface area contributed by atoms with Gasteiger partial charge in [-0.25, -0.2) is 4.39 Å². The van der Waals surface area contributed by atoms with Crippen molar-refractivity contribution in [2.24, 2.45) is 0 Å². The molecule has 0 aliphatic carbocycles. The highest BCUT2D eigenvalue weighted by atomic mass is 19.1. The summed E-state index contributed by atoms with van der Waals surface area (Å²) in [5.41, 5.74) is 0.185. The van der Waals surface area contributed by atoms with Crippen LogP contribution < -0.4 is 0 Å². The molecule has 0 radical (unpaired) electrons. The first kappa shape index (κ1) is 17.9. The van der Waals surface area contributed by atoms with E-state index < -0.39 is 0 Å². The molecule has 5 nitrogen and oxygen atoms in total. The second kappa shape index (κ2) is 6.75. The molecule has 1 aromatic carbocycles. The van der Waals surface area contributed by atoms with Gasteiger partial charge in [0.15, 0.2) is 0 Å². The van der Waals surface area contributed by atoms with Crippen molar-refractivity contribution >= 4 is 11.8 Å². The lowest BCUT2D eigenvalue weighted by molar-refractivity contribution is -0.144. The number of piperidine rings is 1. The van der Waals surface area contributed by atoms with E-state index in [0.29, 0.717) is 18.5 Å². The van der Waals surface area contributed by atoms with Crippen molar-refractivity contribution in [3.8, 4) is 0 Å². The summed E-state index contributed by atoms with van der Waals surface area (Å²) in [7, 11) is 3.51. The van der Waals surface area contributed by atoms with Crippen LogP contribution in [0, 0.1) is 5.82 Å². The molecule has 25 heavy (non-hydrogen) atoms. The summed E-state index contributed by atoms with van der Waals surface area (Å²) < 4.78 is 14.1. The lowest BCUT2D eigenvalue weighted by atomic mass is 9.83. The van der Waals surface area contributed by atoms with Crippen LogP contribution in [0.1, 0.15) is 31.7 Å². The average molecular weight is 347 g/mol. The highest BCUT2D eigenvalue weighted by molar-refractivity contribution is 5.79. The van der Waals surface area contributed by atoms with Crippen LogP contribution in [0.25, 0.3) is 0 Å². The molecule has 0 spiro atoms. The molecule has 2 atom stereocenters. The number of halogens is 1. The fraction of sp³-hybridized carbons (Fsp3) is 0.579. The second-order valence-electron chi connectivity index (χ2n) is 7.49. The van der Waals surface area contributed by atoms with E-state index in [0.717, 1.165) is 19.4 Å². The molecule has 2 amide bonds. The van der Waals surface area contributed by atoms with Crippen LogP contribution in [-0.2, 0) is 16.1 Å². The molecule has 0 unspecified atom stereocenters. The van der Waals surface area contributed by atoms with Gasteiger partial charge >= 0.3 is 0 Å². The van der Waals surface area contributed by atoms with Crippen LogP contribution in [0.4, 0.5) is 4.39 Å². The Bertz CT molecular complexity index is 678. The first-order valence-corrected chi connectivity index (χ1v) is 8.81. The zero-order valence-corrected chi connectivity index (χ0v) is 15.2. The van der Waals surface area contributed by atoms with Crippen LogP contribution >= 0.6 is 0 Å². The van der Waals surface area contributed by atoms with Gasteiger partial charge in [0.1, 0.15) is 5.82 Å². The molecule has 3 rings (SSSR count).